The number of amidine groups is 1. The topological polar surface area (TPSA) is 51.5 Å². The summed E-state index contributed by atoms with van der Waals surface area (Å²) >= 11 is 9.19. The smallest absolute Gasteiger partial charge is 0.353 e. The summed E-state index contributed by atoms with van der Waals surface area (Å²) < 4.78 is 40.5. The molecule has 34 heavy (non-hydrogen) atoms. The lowest BCUT2D eigenvalue weighted by atomic mass is 10.1. The number of amides is 1. The van der Waals surface area contributed by atoms with Crippen LogP contribution in [0.4, 0.5) is 18.9 Å². The van der Waals surface area contributed by atoms with Gasteiger partial charge in [-0.15, -0.1) is 11.8 Å². The molecule has 1 saturated heterocycles. The van der Waals surface area contributed by atoms with Crippen molar-refractivity contribution in [2.24, 2.45) is 9.98 Å². The van der Waals surface area contributed by atoms with Gasteiger partial charge in [-0.2, -0.15) is 13.2 Å². The minimum Gasteiger partial charge on any atom is -0.353 e. The molecule has 0 aromatic heterocycles. The first kappa shape index (κ1) is 25.2. The van der Waals surface area contributed by atoms with E-state index >= 15 is 0 Å². The normalized spacial score (nSPS) is 22.4. The molecule has 0 radical (unpaired) electrons. The van der Waals surface area contributed by atoms with Gasteiger partial charge in [0.15, 0.2) is 0 Å². The fraction of sp³-hybridized carbons (Fsp3) is 0.500. The molecule has 3 aliphatic heterocycles. The van der Waals surface area contributed by atoms with Gasteiger partial charge in [0.25, 0.3) is 0 Å². The maximum Gasteiger partial charge on any atom is 0.390 e. The maximum absolute atomic E-state index is 12.9. The summed E-state index contributed by atoms with van der Waals surface area (Å²) in [6.45, 7) is 2.14. The number of nitrogens with zero attached hydrogens (tertiary/aromatic N) is 5. The Balaban J connectivity index is 1.35. The molecule has 0 aliphatic carbocycles. The van der Waals surface area contributed by atoms with E-state index in [0.717, 1.165) is 16.8 Å². The molecule has 1 amide bonds. The number of hydrogen-bond donors (Lipinski definition) is 0. The Morgan fingerprint density at radius 2 is 2.03 bits per heavy atom. The number of aliphatic imine (C=N–C) groups is 2. The number of rotatable bonds is 5. The number of benzene rings is 1. The second-order valence-electron chi connectivity index (χ2n) is 8.19. The standard InChI is InChI=1S/C22H25ClF3N5OS2/c1-29(33-2)15-4-3-14(18(23)10-15)9-19(32)30-5-7-31(8-6-30)20-17-11-16(12-22(24,25)26)34-21(17)28-13-27-20/h3-4,10-11,13,16,21H,5-9,12H2,1-2H3. The highest BCUT2D eigenvalue weighted by Gasteiger charge is 2.39. The third-order valence-corrected chi connectivity index (χ3v) is 8.35. The van der Waals surface area contributed by atoms with Crippen LogP contribution in [-0.4, -0.2) is 84.2 Å². The number of hydrogen-bond acceptors (Lipinski definition) is 7. The SMILES string of the molecule is CSN(C)c1ccc(CC(=O)N2CCN(C3=NC=NC4SC(CC(F)(F)F)C=C34)CC2)c(Cl)c1. The van der Waals surface area contributed by atoms with Crippen LogP contribution in [-0.2, 0) is 11.2 Å². The van der Waals surface area contributed by atoms with Gasteiger partial charge in [-0.05, 0) is 17.7 Å². The van der Waals surface area contributed by atoms with Crippen LogP contribution < -0.4 is 4.31 Å². The van der Waals surface area contributed by atoms with E-state index in [-0.39, 0.29) is 17.7 Å². The summed E-state index contributed by atoms with van der Waals surface area (Å²) in [5.41, 5.74) is 2.49. The molecule has 0 bridgehead atoms. The summed E-state index contributed by atoms with van der Waals surface area (Å²) in [5.74, 6) is 0.666. The lowest BCUT2D eigenvalue weighted by Gasteiger charge is -2.37. The average Bonchev–Trinajstić information content (AvgIpc) is 3.20. The zero-order chi connectivity index (χ0) is 24.5. The highest BCUT2D eigenvalue weighted by Crippen LogP contribution is 2.41. The van der Waals surface area contributed by atoms with Crippen LogP contribution in [0.2, 0.25) is 5.02 Å². The van der Waals surface area contributed by atoms with Gasteiger partial charge >= 0.3 is 6.18 Å². The van der Waals surface area contributed by atoms with Crippen molar-refractivity contribution in [3.05, 3.63) is 40.4 Å². The molecule has 1 aromatic rings. The van der Waals surface area contributed by atoms with E-state index in [1.807, 2.05) is 40.7 Å². The maximum atomic E-state index is 12.9. The predicted molar refractivity (Wildman–Crippen MR) is 135 cm³/mol. The van der Waals surface area contributed by atoms with Crippen molar-refractivity contribution in [1.29, 1.82) is 0 Å². The first-order valence-electron chi connectivity index (χ1n) is 10.8. The second-order valence-corrected chi connectivity index (χ2v) is 10.8. The van der Waals surface area contributed by atoms with Crippen molar-refractivity contribution in [3.63, 3.8) is 0 Å². The van der Waals surface area contributed by atoms with Crippen molar-refractivity contribution in [3.8, 4) is 0 Å². The van der Waals surface area contributed by atoms with Gasteiger partial charge < -0.3 is 14.1 Å². The average molecular weight is 532 g/mol. The molecule has 1 aromatic carbocycles. The van der Waals surface area contributed by atoms with Gasteiger partial charge in [-0.25, -0.2) is 4.99 Å². The van der Waals surface area contributed by atoms with Crippen LogP contribution >= 0.6 is 35.3 Å². The van der Waals surface area contributed by atoms with Crippen molar-refractivity contribution in [1.82, 2.24) is 9.80 Å². The molecule has 0 saturated carbocycles. The van der Waals surface area contributed by atoms with Crippen LogP contribution in [0.25, 0.3) is 0 Å². The molecular weight excluding hydrogens is 507 g/mol. The van der Waals surface area contributed by atoms with E-state index in [1.165, 1.54) is 18.1 Å². The number of anilines is 1. The molecule has 0 spiro atoms. The Hall–Kier alpha value is -1.85. The first-order chi connectivity index (χ1) is 16.1. The Morgan fingerprint density at radius 1 is 1.29 bits per heavy atom. The fourth-order valence-electron chi connectivity index (χ4n) is 4.11. The molecule has 12 heteroatoms. The number of fused-ring (bicyclic) bond motifs is 1. The third-order valence-electron chi connectivity index (χ3n) is 5.96. The van der Waals surface area contributed by atoms with Crippen molar-refractivity contribution in [2.75, 3.05) is 43.8 Å². The van der Waals surface area contributed by atoms with Gasteiger partial charge in [0.1, 0.15) is 17.5 Å². The van der Waals surface area contributed by atoms with Crippen LogP contribution in [0.5, 0.6) is 0 Å². The molecular formula is C22H25ClF3N5OS2. The Bertz CT molecular complexity index is 1020. The van der Waals surface area contributed by atoms with E-state index in [9.17, 15) is 18.0 Å². The summed E-state index contributed by atoms with van der Waals surface area (Å²) in [6, 6.07) is 5.69. The molecule has 4 rings (SSSR count). The monoisotopic (exact) mass is 531 g/mol. The van der Waals surface area contributed by atoms with Gasteiger partial charge in [0.2, 0.25) is 5.91 Å². The summed E-state index contributed by atoms with van der Waals surface area (Å²) in [4.78, 5) is 25.3. The highest BCUT2D eigenvalue weighted by molar-refractivity contribution is 8.01. The highest BCUT2D eigenvalue weighted by atomic mass is 35.5. The zero-order valence-corrected chi connectivity index (χ0v) is 21.1. The van der Waals surface area contributed by atoms with E-state index in [2.05, 4.69) is 9.98 Å². The van der Waals surface area contributed by atoms with Gasteiger partial charge in [-0.1, -0.05) is 35.7 Å². The number of alkyl halides is 3. The largest absolute Gasteiger partial charge is 0.390 e. The quantitative estimate of drug-likeness (QED) is 0.524. The van der Waals surface area contributed by atoms with Crippen LogP contribution in [0.1, 0.15) is 12.0 Å². The molecule has 2 unspecified atom stereocenters. The number of carbonyl (C=O) groups is 1. The molecule has 0 N–H and O–H groups in total. The van der Waals surface area contributed by atoms with Crippen molar-refractivity contribution >= 4 is 59.1 Å². The first-order valence-corrected chi connectivity index (χ1v) is 13.3. The molecule has 1 fully saturated rings. The van der Waals surface area contributed by atoms with E-state index in [4.69, 9.17) is 11.6 Å². The molecule has 184 valence electrons. The summed E-state index contributed by atoms with van der Waals surface area (Å²) in [6.07, 6.45) is 0.176. The molecule has 6 nitrogen and oxygen atoms in total. The van der Waals surface area contributed by atoms with Crippen LogP contribution in [0.15, 0.2) is 39.8 Å². The predicted octanol–water partition coefficient (Wildman–Crippen LogP) is 4.50. The van der Waals surface area contributed by atoms with Crippen LogP contribution in [0.3, 0.4) is 0 Å². The Kier molecular flexibility index (Phi) is 7.73. The molecule has 3 heterocycles. The number of piperazine rings is 1. The minimum absolute atomic E-state index is 0.00146. The Morgan fingerprint density at radius 3 is 2.68 bits per heavy atom. The lowest BCUT2D eigenvalue weighted by molar-refractivity contribution is -0.132. The van der Waals surface area contributed by atoms with E-state index in [1.54, 1.807) is 22.9 Å². The number of carbonyl (C=O) groups excluding carboxylic acids is 1. The van der Waals surface area contributed by atoms with Gasteiger partial charge in [0, 0.05) is 61.0 Å². The van der Waals surface area contributed by atoms with E-state index < -0.39 is 17.8 Å². The fourth-order valence-corrected chi connectivity index (χ4v) is 5.97. The van der Waals surface area contributed by atoms with Crippen molar-refractivity contribution < 1.29 is 18.0 Å². The zero-order valence-electron chi connectivity index (χ0n) is 18.8. The second kappa shape index (κ2) is 10.4. The summed E-state index contributed by atoms with van der Waals surface area (Å²) in [5, 5.41) is -0.448. The van der Waals surface area contributed by atoms with Crippen LogP contribution in [0, 0.1) is 0 Å². The Labute approximate surface area is 210 Å². The third kappa shape index (κ3) is 5.85. The van der Waals surface area contributed by atoms with Gasteiger partial charge in [0.05, 0.1) is 12.8 Å². The molecule has 2 atom stereocenters. The minimum atomic E-state index is -4.22. The summed E-state index contributed by atoms with van der Waals surface area (Å²) in [7, 11) is 1.95. The molecule has 3 aliphatic rings. The number of thioether (sulfide) groups is 1. The van der Waals surface area contributed by atoms with Gasteiger partial charge in [-0.3, -0.25) is 9.79 Å². The van der Waals surface area contributed by atoms with E-state index in [0.29, 0.717) is 37.0 Å². The lowest BCUT2D eigenvalue weighted by Crippen LogP contribution is -2.52. The van der Waals surface area contributed by atoms with Crippen molar-refractivity contribution in [2.45, 2.75) is 29.6 Å². The number of halogens is 4.